The van der Waals surface area contributed by atoms with E-state index in [0.29, 0.717) is 25.5 Å². The van der Waals surface area contributed by atoms with Gasteiger partial charge in [-0.05, 0) is 0 Å². The third kappa shape index (κ3) is 2.32. The third-order valence-electron chi connectivity index (χ3n) is 2.58. The van der Waals surface area contributed by atoms with Crippen LogP contribution in [0.2, 0.25) is 0 Å². The van der Waals surface area contributed by atoms with Crippen LogP contribution in [0.25, 0.3) is 0 Å². The molecule has 0 spiro atoms. The van der Waals surface area contributed by atoms with Gasteiger partial charge in [-0.2, -0.15) is 5.26 Å². The lowest BCUT2D eigenvalue weighted by Crippen LogP contribution is -2.55. The average molecular weight is 233 g/mol. The van der Waals surface area contributed by atoms with E-state index in [1.807, 2.05) is 6.07 Å². The number of nitrogens with zero attached hydrogens (tertiary/aromatic N) is 4. The Morgan fingerprint density at radius 1 is 1.59 bits per heavy atom. The molecule has 2 N–H and O–H groups in total. The molecule has 2 rings (SSSR count). The van der Waals surface area contributed by atoms with E-state index < -0.39 is 12.0 Å². The van der Waals surface area contributed by atoms with Crippen molar-refractivity contribution in [1.29, 1.82) is 5.26 Å². The van der Waals surface area contributed by atoms with Gasteiger partial charge in [-0.1, -0.05) is 0 Å². The van der Waals surface area contributed by atoms with Gasteiger partial charge in [0.15, 0.2) is 5.69 Å². The molecule has 88 valence electrons. The predicted octanol–water partition coefficient (Wildman–Crippen LogP) is -0.789. The van der Waals surface area contributed by atoms with Crippen LogP contribution in [0.5, 0.6) is 0 Å². The molecule has 1 aliphatic rings. The maximum Gasteiger partial charge on any atom is 0.327 e. The van der Waals surface area contributed by atoms with Crippen molar-refractivity contribution in [3.05, 3.63) is 18.1 Å². The molecule has 0 bridgehead atoms. The summed E-state index contributed by atoms with van der Waals surface area (Å²) in [5.41, 5.74) is 0.218. The average Bonchev–Trinajstić information content (AvgIpc) is 2.39. The number of nitriles is 1. The van der Waals surface area contributed by atoms with E-state index in [0.717, 1.165) is 0 Å². The molecule has 1 aliphatic heterocycles. The second-order valence-corrected chi connectivity index (χ2v) is 3.62. The third-order valence-corrected chi connectivity index (χ3v) is 2.58. The van der Waals surface area contributed by atoms with Crippen molar-refractivity contribution < 1.29 is 9.90 Å². The first-order chi connectivity index (χ1) is 8.22. The molecule has 0 radical (unpaired) electrons. The summed E-state index contributed by atoms with van der Waals surface area (Å²) in [4.78, 5) is 20.7. The van der Waals surface area contributed by atoms with E-state index in [9.17, 15) is 4.79 Å². The number of piperazine rings is 1. The van der Waals surface area contributed by atoms with Gasteiger partial charge in [-0.25, -0.2) is 14.8 Å². The number of hydrogen-bond donors (Lipinski definition) is 2. The van der Waals surface area contributed by atoms with E-state index in [4.69, 9.17) is 10.4 Å². The molecule has 0 saturated carbocycles. The number of rotatable bonds is 2. The maximum atomic E-state index is 11.1. The van der Waals surface area contributed by atoms with Crippen molar-refractivity contribution in [1.82, 2.24) is 15.3 Å². The summed E-state index contributed by atoms with van der Waals surface area (Å²) in [6, 6.07) is 1.22. The van der Waals surface area contributed by atoms with E-state index in [2.05, 4.69) is 15.3 Å². The Kier molecular flexibility index (Phi) is 3.16. The number of carboxylic acid groups (broad SMARTS) is 1. The fourth-order valence-electron chi connectivity index (χ4n) is 1.73. The molecule has 7 nitrogen and oxygen atoms in total. The summed E-state index contributed by atoms with van der Waals surface area (Å²) in [5.74, 6) is -0.416. The van der Waals surface area contributed by atoms with Gasteiger partial charge in [0.2, 0.25) is 0 Å². The molecule has 1 saturated heterocycles. The highest BCUT2D eigenvalue weighted by molar-refractivity contribution is 5.78. The van der Waals surface area contributed by atoms with E-state index in [1.54, 1.807) is 4.90 Å². The van der Waals surface area contributed by atoms with Crippen molar-refractivity contribution >= 4 is 11.8 Å². The number of carboxylic acids is 1. The van der Waals surface area contributed by atoms with Crippen molar-refractivity contribution in [2.45, 2.75) is 6.04 Å². The first-order valence-corrected chi connectivity index (χ1v) is 5.14. The van der Waals surface area contributed by atoms with Crippen LogP contribution < -0.4 is 10.2 Å². The highest BCUT2D eigenvalue weighted by atomic mass is 16.4. The summed E-state index contributed by atoms with van der Waals surface area (Å²) in [7, 11) is 0. The first-order valence-electron chi connectivity index (χ1n) is 5.14. The highest BCUT2D eigenvalue weighted by Gasteiger charge is 2.29. The summed E-state index contributed by atoms with van der Waals surface area (Å²) < 4.78 is 0. The first kappa shape index (κ1) is 11.3. The van der Waals surface area contributed by atoms with Gasteiger partial charge in [-0.3, -0.25) is 0 Å². The van der Waals surface area contributed by atoms with Crippen molar-refractivity contribution in [3.63, 3.8) is 0 Å². The lowest BCUT2D eigenvalue weighted by atomic mass is 10.2. The number of hydrogen-bond acceptors (Lipinski definition) is 6. The van der Waals surface area contributed by atoms with E-state index in [-0.39, 0.29) is 5.69 Å². The van der Waals surface area contributed by atoms with Crippen LogP contribution in [0.1, 0.15) is 5.69 Å². The standard InChI is InChI=1S/C10H11N5O2/c11-3-7-4-14-9(6-13-7)15-2-1-12-5-8(15)10(16)17/h4,6,8,12H,1-2,5H2,(H,16,17). The molecule has 1 atom stereocenters. The Balaban J connectivity index is 2.24. The number of nitrogens with one attached hydrogen (secondary N) is 1. The summed E-state index contributed by atoms with van der Waals surface area (Å²) in [5, 5.41) is 20.7. The molecular weight excluding hydrogens is 222 g/mol. The molecule has 0 aromatic carbocycles. The normalized spacial score (nSPS) is 19.7. The molecule has 1 unspecified atom stereocenters. The van der Waals surface area contributed by atoms with Gasteiger partial charge in [0.1, 0.15) is 17.9 Å². The van der Waals surface area contributed by atoms with Crippen molar-refractivity contribution in [3.8, 4) is 6.07 Å². The Hall–Kier alpha value is -2.20. The van der Waals surface area contributed by atoms with Crippen LogP contribution in [-0.4, -0.2) is 46.7 Å². The minimum atomic E-state index is -0.900. The lowest BCUT2D eigenvalue weighted by Gasteiger charge is -2.33. The fraction of sp³-hybridized carbons (Fsp3) is 0.400. The summed E-state index contributed by atoms with van der Waals surface area (Å²) in [6.45, 7) is 1.63. The fourth-order valence-corrected chi connectivity index (χ4v) is 1.73. The molecule has 1 fully saturated rings. The van der Waals surface area contributed by atoms with Gasteiger partial charge in [0, 0.05) is 19.6 Å². The predicted molar refractivity (Wildman–Crippen MR) is 58.4 cm³/mol. The second kappa shape index (κ2) is 4.76. The van der Waals surface area contributed by atoms with Crippen LogP contribution >= 0.6 is 0 Å². The minimum absolute atomic E-state index is 0.218. The summed E-state index contributed by atoms with van der Waals surface area (Å²) in [6.07, 6.45) is 2.77. The zero-order valence-electron chi connectivity index (χ0n) is 9.00. The lowest BCUT2D eigenvalue weighted by molar-refractivity contribution is -0.138. The van der Waals surface area contributed by atoms with Crippen LogP contribution in [0.15, 0.2) is 12.4 Å². The van der Waals surface area contributed by atoms with Gasteiger partial charge in [0.05, 0.1) is 12.4 Å². The van der Waals surface area contributed by atoms with Gasteiger partial charge in [0.25, 0.3) is 0 Å². The van der Waals surface area contributed by atoms with E-state index in [1.165, 1.54) is 12.4 Å². The quantitative estimate of drug-likeness (QED) is 0.690. The zero-order chi connectivity index (χ0) is 12.3. The second-order valence-electron chi connectivity index (χ2n) is 3.62. The van der Waals surface area contributed by atoms with Gasteiger partial charge < -0.3 is 15.3 Å². The Morgan fingerprint density at radius 2 is 2.41 bits per heavy atom. The Labute approximate surface area is 97.7 Å². The molecule has 1 aromatic rings. The van der Waals surface area contributed by atoms with Crippen LogP contribution in [0, 0.1) is 11.3 Å². The van der Waals surface area contributed by atoms with E-state index >= 15 is 0 Å². The SMILES string of the molecule is N#Cc1cnc(N2CCNCC2C(=O)O)cn1. The number of aromatic nitrogens is 2. The minimum Gasteiger partial charge on any atom is -0.480 e. The molecule has 0 amide bonds. The maximum absolute atomic E-state index is 11.1. The highest BCUT2D eigenvalue weighted by Crippen LogP contribution is 2.14. The number of aliphatic carboxylic acids is 1. The van der Waals surface area contributed by atoms with Crippen LogP contribution in [-0.2, 0) is 4.79 Å². The molecule has 1 aromatic heterocycles. The topological polar surface area (TPSA) is 102 Å². The molecule has 0 aliphatic carbocycles. The Bertz CT molecular complexity index is 453. The Morgan fingerprint density at radius 3 is 3.00 bits per heavy atom. The molecule has 17 heavy (non-hydrogen) atoms. The van der Waals surface area contributed by atoms with Crippen LogP contribution in [0.3, 0.4) is 0 Å². The number of carbonyl (C=O) groups is 1. The van der Waals surface area contributed by atoms with Gasteiger partial charge in [-0.15, -0.1) is 0 Å². The monoisotopic (exact) mass is 233 g/mol. The number of anilines is 1. The van der Waals surface area contributed by atoms with Crippen molar-refractivity contribution in [2.24, 2.45) is 0 Å². The van der Waals surface area contributed by atoms with Crippen LogP contribution in [0.4, 0.5) is 5.82 Å². The molecular formula is C10H11N5O2. The molecule has 2 heterocycles. The smallest absolute Gasteiger partial charge is 0.327 e. The molecule has 7 heteroatoms. The largest absolute Gasteiger partial charge is 0.480 e. The van der Waals surface area contributed by atoms with Gasteiger partial charge >= 0.3 is 5.97 Å². The zero-order valence-corrected chi connectivity index (χ0v) is 9.00. The van der Waals surface area contributed by atoms with Crippen molar-refractivity contribution in [2.75, 3.05) is 24.5 Å². The summed E-state index contributed by atoms with van der Waals surface area (Å²) >= 11 is 0.